The van der Waals surface area contributed by atoms with Crippen LogP contribution in [0.3, 0.4) is 0 Å². The van der Waals surface area contributed by atoms with Crippen molar-refractivity contribution in [1.82, 2.24) is 30.1 Å². The molecule has 0 spiro atoms. The van der Waals surface area contributed by atoms with E-state index in [1.165, 1.54) is 18.4 Å². The molecule has 0 bridgehead atoms. The van der Waals surface area contributed by atoms with Crippen LogP contribution in [-0.2, 0) is 13.0 Å². The molecule has 0 radical (unpaired) electrons. The molecule has 1 N–H and O–H groups in total. The fraction of sp³-hybridized carbons (Fsp3) is 0.429. The SMILES string of the molecule is CC[C@@H](c1nnnn1C1CCCC1)N(CCc1ccccc1)Cc1cc2cc3c(cc2[nH]c1=O)OCO3. The minimum absolute atomic E-state index is 0.00818. The molecule has 1 aliphatic carbocycles. The normalized spacial score (nSPS) is 16.2. The molecule has 2 aromatic heterocycles. The lowest BCUT2D eigenvalue weighted by Crippen LogP contribution is -2.34. The number of hydrogen-bond acceptors (Lipinski definition) is 7. The first kappa shape index (κ1) is 23.7. The molecule has 0 unspecified atom stereocenters. The van der Waals surface area contributed by atoms with Crippen LogP contribution in [0.1, 0.15) is 68.1 Å². The van der Waals surface area contributed by atoms with Gasteiger partial charge < -0.3 is 14.5 Å². The van der Waals surface area contributed by atoms with Crippen molar-refractivity contribution in [3.8, 4) is 11.5 Å². The lowest BCUT2D eigenvalue weighted by molar-refractivity contribution is 0.169. The first-order valence-electron chi connectivity index (χ1n) is 13.2. The third-order valence-corrected chi connectivity index (χ3v) is 7.63. The van der Waals surface area contributed by atoms with E-state index in [-0.39, 0.29) is 18.4 Å². The van der Waals surface area contributed by atoms with E-state index >= 15 is 0 Å². The Morgan fingerprint density at radius 1 is 1.11 bits per heavy atom. The number of aromatic nitrogens is 5. The third kappa shape index (κ3) is 4.83. The molecule has 1 aliphatic heterocycles. The summed E-state index contributed by atoms with van der Waals surface area (Å²) >= 11 is 0. The molecule has 1 atom stereocenters. The Hall–Kier alpha value is -3.72. The molecule has 2 aromatic carbocycles. The number of fused-ring (bicyclic) bond motifs is 2. The van der Waals surface area contributed by atoms with Crippen molar-refractivity contribution in [3.63, 3.8) is 0 Å². The minimum atomic E-state index is -0.0960. The highest BCUT2D eigenvalue weighted by Crippen LogP contribution is 2.36. The van der Waals surface area contributed by atoms with E-state index in [9.17, 15) is 4.79 Å². The lowest BCUT2D eigenvalue weighted by atomic mass is 10.1. The molecule has 4 aromatic rings. The highest BCUT2D eigenvalue weighted by molar-refractivity contribution is 5.83. The van der Waals surface area contributed by atoms with E-state index in [1.807, 2.05) is 28.9 Å². The molecule has 9 heteroatoms. The second-order valence-corrected chi connectivity index (χ2v) is 9.97. The largest absolute Gasteiger partial charge is 0.454 e. The summed E-state index contributed by atoms with van der Waals surface area (Å²) in [5.41, 5.74) is 2.61. The van der Waals surface area contributed by atoms with Gasteiger partial charge in [-0.3, -0.25) is 9.69 Å². The van der Waals surface area contributed by atoms with E-state index in [1.54, 1.807) is 0 Å². The molecular formula is C28H32N6O3. The van der Waals surface area contributed by atoms with Crippen molar-refractivity contribution in [2.24, 2.45) is 0 Å². The molecule has 9 nitrogen and oxygen atoms in total. The van der Waals surface area contributed by atoms with Crippen LogP contribution in [0.15, 0.2) is 53.3 Å². The summed E-state index contributed by atoms with van der Waals surface area (Å²) in [4.78, 5) is 18.6. The third-order valence-electron chi connectivity index (χ3n) is 7.63. The number of rotatable bonds is 9. The molecule has 37 heavy (non-hydrogen) atoms. The first-order valence-corrected chi connectivity index (χ1v) is 13.2. The van der Waals surface area contributed by atoms with Gasteiger partial charge in [0, 0.05) is 30.1 Å². The molecule has 192 valence electrons. The fourth-order valence-electron chi connectivity index (χ4n) is 5.67. The van der Waals surface area contributed by atoms with Crippen LogP contribution in [0.5, 0.6) is 11.5 Å². The number of nitrogens with zero attached hydrogens (tertiary/aromatic N) is 5. The number of ether oxygens (including phenoxy) is 2. The zero-order chi connectivity index (χ0) is 25.2. The number of hydrogen-bond donors (Lipinski definition) is 1. The maximum atomic E-state index is 13.2. The van der Waals surface area contributed by atoms with Crippen LogP contribution >= 0.6 is 0 Å². The number of pyridine rings is 1. The molecule has 0 saturated heterocycles. The Bertz CT molecular complexity index is 1430. The Balaban J connectivity index is 1.34. The number of nitrogens with one attached hydrogen (secondary N) is 1. The summed E-state index contributed by atoms with van der Waals surface area (Å²) in [6, 6.07) is 16.5. The minimum Gasteiger partial charge on any atom is -0.454 e. The van der Waals surface area contributed by atoms with Gasteiger partial charge in [0.05, 0.1) is 17.6 Å². The van der Waals surface area contributed by atoms with Gasteiger partial charge in [0.1, 0.15) is 0 Å². The molecule has 6 rings (SSSR count). The van der Waals surface area contributed by atoms with E-state index in [4.69, 9.17) is 9.47 Å². The van der Waals surface area contributed by atoms with Crippen molar-refractivity contribution in [3.05, 3.63) is 75.8 Å². The zero-order valence-electron chi connectivity index (χ0n) is 21.1. The van der Waals surface area contributed by atoms with Gasteiger partial charge >= 0.3 is 0 Å². The van der Waals surface area contributed by atoms with Gasteiger partial charge in [0.25, 0.3) is 5.56 Å². The average Bonchev–Trinajstić information content (AvgIpc) is 3.69. The van der Waals surface area contributed by atoms with E-state index in [0.717, 1.165) is 49.0 Å². The summed E-state index contributed by atoms with van der Waals surface area (Å²) in [7, 11) is 0. The van der Waals surface area contributed by atoms with Gasteiger partial charge in [-0.15, -0.1) is 5.10 Å². The Morgan fingerprint density at radius 2 is 1.89 bits per heavy atom. The smallest absolute Gasteiger partial charge is 0.252 e. The topological polar surface area (TPSA) is 98.2 Å². The summed E-state index contributed by atoms with van der Waals surface area (Å²) in [6.45, 7) is 3.63. The van der Waals surface area contributed by atoms with Gasteiger partial charge in [0.2, 0.25) is 6.79 Å². The summed E-state index contributed by atoms with van der Waals surface area (Å²) in [6.07, 6.45) is 6.35. The Kier molecular flexibility index (Phi) is 6.61. The van der Waals surface area contributed by atoms with Crippen LogP contribution in [0.4, 0.5) is 0 Å². The van der Waals surface area contributed by atoms with Crippen LogP contribution in [0, 0.1) is 0 Å². The van der Waals surface area contributed by atoms with Crippen LogP contribution < -0.4 is 15.0 Å². The number of benzene rings is 2. The van der Waals surface area contributed by atoms with Crippen molar-refractivity contribution in [2.75, 3.05) is 13.3 Å². The lowest BCUT2D eigenvalue weighted by Gasteiger charge is -2.31. The quantitative estimate of drug-likeness (QED) is 0.360. The highest BCUT2D eigenvalue weighted by Gasteiger charge is 2.29. The molecule has 1 fully saturated rings. The molecular weight excluding hydrogens is 468 g/mol. The summed E-state index contributed by atoms with van der Waals surface area (Å²) < 4.78 is 13.1. The van der Waals surface area contributed by atoms with Gasteiger partial charge in [-0.1, -0.05) is 50.1 Å². The van der Waals surface area contributed by atoms with Crippen LogP contribution in [0.25, 0.3) is 10.9 Å². The molecule has 3 heterocycles. The fourth-order valence-corrected chi connectivity index (χ4v) is 5.67. The number of tetrazole rings is 1. The number of aromatic amines is 1. The Labute approximate surface area is 215 Å². The molecule has 0 amide bonds. The molecule has 1 saturated carbocycles. The van der Waals surface area contributed by atoms with Gasteiger partial charge in [-0.25, -0.2) is 4.68 Å². The predicted octanol–water partition coefficient (Wildman–Crippen LogP) is 4.55. The van der Waals surface area contributed by atoms with Crippen molar-refractivity contribution in [2.45, 2.75) is 64.1 Å². The first-order chi connectivity index (χ1) is 18.2. The number of H-pyrrole nitrogens is 1. The van der Waals surface area contributed by atoms with Crippen molar-refractivity contribution in [1.29, 1.82) is 0 Å². The van der Waals surface area contributed by atoms with Crippen LogP contribution in [-0.4, -0.2) is 43.4 Å². The highest BCUT2D eigenvalue weighted by atomic mass is 16.7. The van der Waals surface area contributed by atoms with Gasteiger partial charge in [-0.2, -0.15) is 0 Å². The maximum Gasteiger partial charge on any atom is 0.252 e. The average molecular weight is 501 g/mol. The van der Waals surface area contributed by atoms with E-state index in [2.05, 4.69) is 56.6 Å². The van der Waals surface area contributed by atoms with E-state index < -0.39 is 0 Å². The summed E-state index contributed by atoms with van der Waals surface area (Å²) in [5.74, 6) is 2.25. The van der Waals surface area contributed by atoms with Gasteiger partial charge in [0.15, 0.2) is 17.3 Å². The molecule has 2 aliphatic rings. The zero-order valence-corrected chi connectivity index (χ0v) is 21.1. The van der Waals surface area contributed by atoms with Gasteiger partial charge in [-0.05, 0) is 53.8 Å². The van der Waals surface area contributed by atoms with Crippen molar-refractivity contribution >= 4 is 10.9 Å². The Morgan fingerprint density at radius 3 is 2.68 bits per heavy atom. The predicted molar refractivity (Wildman–Crippen MR) is 140 cm³/mol. The second kappa shape index (κ2) is 10.3. The summed E-state index contributed by atoms with van der Waals surface area (Å²) in [5, 5.41) is 13.9. The standard InChI is InChI=1S/C28H32N6O3/c1-2-24(27-30-31-32-34(27)22-10-6-7-11-22)33(13-12-19-8-4-3-5-9-19)17-21-14-20-15-25-26(37-18-36-25)16-23(20)29-28(21)35/h3-5,8-9,14-16,22,24H,2,6-7,10-13,17-18H2,1H3,(H,29,35)/t24-/m0/s1. The monoisotopic (exact) mass is 500 g/mol. The van der Waals surface area contributed by atoms with Crippen LogP contribution in [0.2, 0.25) is 0 Å². The second-order valence-electron chi connectivity index (χ2n) is 9.97. The van der Waals surface area contributed by atoms with E-state index in [0.29, 0.717) is 29.6 Å². The van der Waals surface area contributed by atoms with Crippen molar-refractivity contribution < 1.29 is 9.47 Å². The maximum absolute atomic E-state index is 13.2.